The molecule has 1 aliphatic rings. The molecule has 1 aliphatic carbocycles. The number of nitrogens with zero attached hydrogens (tertiary/aromatic N) is 2. The molecular formula is C11H15ClN2O. The zero-order valence-electron chi connectivity index (χ0n) is 8.78. The van der Waals surface area contributed by atoms with Crippen LogP contribution in [0.1, 0.15) is 24.8 Å². The molecule has 0 radical (unpaired) electrons. The van der Waals surface area contributed by atoms with Crippen molar-refractivity contribution in [3.8, 4) is 0 Å². The number of rotatable bonds is 3. The molecule has 0 bridgehead atoms. The SMILES string of the molecule is CN(c1cc(CO)c(Cl)cn1)C1CCC1. The van der Waals surface area contributed by atoms with Crippen molar-refractivity contribution in [3.63, 3.8) is 0 Å². The summed E-state index contributed by atoms with van der Waals surface area (Å²) in [6, 6.07) is 2.46. The van der Waals surface area contributed by atoms with E-state index in [2.05, 4.69) is 9.88 Å². The molecule has 1 aromatic rings. The van der Waals surface area contributed by atoms with Crippen LogP contribution >= 0.6 is 11.6 Å². The minimum atomic E-state index is -0.0349. The van der Waals surface area contributed by atoms with Crippen LogP contribution in [0.15, 0.2) is 12.3 Å². The van der Waals surface area contributed by atoms with Gasteiger partial charge in [0.2, 0.25) is 0 Å². The summed E-state index contributed by atoms with van der Waals surface area (Å²) in [6.45, 7) is -0.0349. The standard InChI is InChI=1S/C11H15ClN2O/c1-14(9-3-2-4-9)11-5-8(7-15)10(12)6-13-11/h5-6,9,15H,2-4,7H2,1H3. The largest absolute Gasteiger partial charge is 0.392 e. The van der Waals surface area contributed by atoms with E-state index in [0.717, 1.165) is 11.4 Å². The number of hydrogen-bond acceptors (Lipinski definition) is 3. The summed E-state index contributed by atoms with van der Waals surface area (Å²) in [5.41, 5.74) is 0.743. The van der Waals surface area contributed by atoms with Gasteiger partial charge in [0.15, 0.2) is 0 Å². The Labute approximate surface area is 94.7 Å². The molecule has 0 atom stereocenters. The topological polar surface area (TPSA) is 36.4 Å². The number of halogens is 1. The van der Waals surface area contributed by atoms with Gasteiger partial charge in [-0.1, -0.05) is 11.6 Å². The number of anilines is 1. The Kier molecular flexibility index (Phi) is 3.12. The van der Waals surface area contributed by atoms with Crippen molar-refractivity contribution in [2.75, 3.05) is 11.9 Å². The van der Waals surface area contributed by atoms with Crippen LogP contribution in [0.5, 0.6) is 0 Å². The second kappa shape index (κ2) is 4.37. The van der Waals surface area contributed by atoms with Crippen LogP contribution in [0.25, 0.3) is 0 Å². The number of hydrogen-bond donors (Lipinski definition) is 1. The van der Waals surface area contributed by atoms with Gasteiger partial charge in [-0.25, -0.2) is 4.98 Å². The number of pyridine rings is 1. The zero-order chi connectivity index (χ0) is 10.8. The third kappa shape index (κ3) is 2.08. The molecule has 1 fully saturated rings. The molecule has 82 valence electrons. The zero-order valence-corrected chi connectivity index (χ0v) is 9.54. The molecule has 0 spiro atoms. The molecule has 0 aliphatic heterocycles. The summed E-state index contributed by atoms with van der Waals surface area (Å²) >= 11 is 5.89. The van der Waals surface area contributed by atoms with Crippen LogP contribution in [0.3, 0.4) is 0 Å². The number of aliphatic hydroxyl groups excluding tert-OH is 1. The van der Waals surface area contributed by atoms with Crippen molar-refractivity contribution in [1.82, 2.24) is 4.98 Å². The lowest BCUT2D eigenvalue weighted by Crippen LogP contribution is -2.37. The van der Waals surface area contributed by atoms with Gasteiger partial charge in [-0.3, -0.25) is 0 Å². The first kappa shape index (κ1) is 10.7. The Bertz CT molecular complexity index is 352. The third-order valence-electron chi connectivity index (χ3n) is 3.07. The summed E-state index contributed by atoms with van der Waals surface area (Å²) in [6.07, 6.45) is 5.37. The minimum absolute atomic E-state index is 0.0349. The van der Waals surface area contributed by atoms with Crippen LogP contribution in [0, 0.1) is 0 Å². The highest BCUT2D eigenvalue weighted by Crippen LogP contribution is 2.28. The minimum Gasteiger partial charge on any atom is -0.392 e. The smallest absolute Gasteiger partial charge is 0.128 e. The molecule has 0 aromatic carbocycles. The average molecular weight is 227 g/mol. The van der Waals surface area contributed by atoms with Gasteiger partial charge in [0.1, 0.15) is 5.82 Å². The van der Waals surface area contributed by atoms with Crippen molar-refractivity contribution in [2.24, 2.45) is 0 Å². The van der Waals surface area contributed by atoms with Crippen LogP contribution in [-0.4, -0.2) is 23.2 Å². The number of aromatic nitrogens is 1. The van der Waals surface area contributed by atoms with Gasteiger partial charge in [-0.2, -0.15) is 0 Å². The van der Waals surface area contributed by atoms with E-state index >= 15 is 0 Å². The van der Waals surface area contributed by atoms with E-state index in [0.29, 0.717) is 11.1 Å². The molecule has 0 saturated heterocycles. The second-order valence-corrected chi connectivity index (χ2v) is 4.39. The van der Waals surface area contributed by atoms with Crippen LogP contribution < -0.4 is 4.90 Å². The summed E-state index contributed by atoms with van der Waals surface area (Å²) < 4.78 is 0. The fourth-order valence-corrected chi connectivity index (χ4v) is 1.91. The van der Waals surface area contributed by atoms with Crippen molar-refractivity contribution in [2.45, 2.75) is 31.9 Å². The number of aliphatic hydroxyl groups is 1. The average Bonchev–Trinajstić information content (AvgIpc) is 2.15. The van der Waals surface area contributed by atoms with Gasteiger partial charge in [0.25, 0.3) is 0 Å². The quantitative estimate of drug-likeness (QED) is 0.859. The summed E-state index contributed by atoms with van der Waals surface area (Å²) in [5, 5.41) is 9.63. The first-order chi connectivity index (χ1) is 7.22. The second-order valence-electron chi connectivity index (χ2n) is 3.99. The third-order valence-corrected chi connectivity index (χ3v) is 3.41. The van der Waals surface area contributed by atoms with E-state index in [1.54, 1.807) is 6.20 Å². The van der Waals surface area contributed by atoms with Crippen molar-refractivity contribution >= 4 is 17.4 Å². The normalized spacial score (nSPS) is 16.2. The maximum absolute atomic E-state index is 9.10. The summed E-state index contributed by atoms with van der Waals surface area (Å²) in [7, 11) is 2.04. The fraction of sp³-hybridized carbons (Fsp3) is 0.545. The Morgan fingerprint density at radius 1 is 1.60 bits per heavy atom. The summed E-state index contributed by atoms with van der Waals surface area (Å²) in [4.78, 5) is 6.44. The Balaban J connectivity index is 2.20. The lowest BCUT2D eigenvalue weighted by Gasteiger charge is -2.35. The first-order valence-corrected chi connectivity index (χ1v) is 5.58. The van der Waals surface area contributed by atoms with Crippen LogP contribution in [0.4, 0.5) is 5.82 Å². The lowest BCUT2D eigenvalue weighted by atomic mass is 9.92. The van der Waals surface area contributed by atoms with Gasteiger partial charge in [0.05, 0.1) is 11.6 Å². The Hall–Kier alpha value is -0.800. The van der Waals surface area contributed by atoms with Gasteiger partial charge in [-0.15, -0.1) is 0 Å². The van der Waals surface area contributed by atoms with Crippen LogP contribution in [-0.2, 0) is 6.61 Å². The van der Waals surface area contributed by atoms with E-state index in [4.69, 9.17) is 16.7 Å². The molecule has 3 nitrogen and oxygen atoms in total. The molecule has 0 unspecified atom stereocenters. The van der Waals surface area contributed by atoms with E-state index in [1.165, 1.54) is 19.3 Å². The highest BCUT2D eigenvalue weighted by atomic mass is 35.5. The Morgan fingerprint density at radius 3 is 2.87 bits per heavy atom. The molecule has 2 rings (SSSR count). The first-order valence-electron chi connectivity index (χ1n) is 5.20. The van der Waals surface area contributed by atoms with Gasteiger partial charge in [-0.05, 0) is 25.3 Å². The molecule has 4 heteroatoms. The molecule has 1 saturated carbocycles. The van der Waals surface area contributed by atoms with Crippen molar-refractivity contribution in [3.05, 3.63) is 22.8 Å². The lowest BCUT2D eigenvalue weighted by molar-refractivity contribution is 0.281. The highest BCUT2D eigenvalue weighted by Gasteiger charge is 2.23. The van der Waals surface area contributed by atoms with E-state index in [-0.39, 0.29) is 6.61 Å². The van der Waals surface area contributed by atoms with Crippen molar-refractivity contribution < 1.29 is 5.11 Å². The molecular weight excluding hydrogens is 212 g/mol. The van der Waals surface area contributed by atoms with Gasteiger partial charge >= 0.3 is 0 Å². The predicted octanol–water partition coefficient (Wildman–Crippen LogP) is 2.22. The predicted molar refractivity (Wildman–Crippen MR) is 61.2 cm³/mol. The van der Waals surface area contributed by atoms with E-state index in [9.17, 15) is 0 Å². The van der Waals surface area contributed by atoms with Gasteiger partial charge in [0, 0.05) is 24.8 Å². The molecule has 1 aromatic heterocycles. The van der Waals surface area contributed by atoms with Gasteiger partial charge < -0.3 is 10.0 Å². The fourth-order valence-electron chi connectivity index (χ4n) is 1.74. The molecule has 15 heavy (non-hydrogen) atoms. The molecule has 1 N–H and O–H groups in total. The monoisotopic (exact) mass is 226 g/mol. The molecule has 0 amide bonds. The van der Waals surface area contributed by atoms with E-state index < -0.39 is 0 Å². The molecule has 1 heterocycles. The van der Waals surface area contributed by atoms with Crippen molar-refractivity contribution in [1.29, 1.82) is 0 Å². The highest BCUT2D eigenvalue weighted by molar-refractivity contribution is 6.31. The maximum atomic E-state index is 9.10. The van der Waals surface area contributed by atoms with Crippen LogP contribution in [0.2, 0.25) is 5.02 Å². The Morgan fingerprint density at radius 2 is 2.33 bits per heavy atom. The summed E-state index contributed by atoms with van der Waals surface area (Å²) in [5.74, 6) is 0.896. The van der Waals surface area contributed by atoms with E-state index in [1.807, 2.05) is 13.1 Å². The maximum Gasteiger partial charge on any atom is 0.128 e.